The average Bonchev–Trinajstić information content (AvgIpc) is 3.05. The van der Waals surface area contributed by atoms with Crippen molar-refractivity contribution in [2.24, 2.45) is 0 Å². The van der Waals surface area contributed by atoms with Crippen LogP contribution in [-0.4, -0.2) is 40.0 Å². The Kier molecular flexibility index (Phi) is 6.57. The molecule has 5 nitrogen and oxygen atoms in total. The van der Waals surface area contributed by atoms with E-state index in [-0.39, 0.29) is 11.3 Å². The van der Waals surface area contributed by atoms with Gasteiger partial charge < -0.3 is 5.11 Å². The third kappa shape index (κ3) is 5.04. The second kappa shape index (κ2) is 9.10. The number of nitrogens with zero attached hydrogens (tertiary/aromatic N) is 2. The van der Waals surface area contributed by atoms with Crippen LogP contribution in [0, 0.1) is 0 Å². The van der Waals surface area contributed by atoms with Crippen LogP contribution in [0.4, 0.5) is 0 Å². The zero-order valence-corrected chi connectivity index (χ0v) is 19.4. The fourth-order valence-electron chi connectivity index (χ4n) is 2.93. The molecule has 0 saturated carbocycles. The molecule has 6 heteroatoms. The van der Waals surface area contributed by atoms with Crippen LogP contribution in [0.1, 0.15) is 21.5 Å². The number of carbonyl (C=O) groups is 1. The molecule has 144 valence electrons. The first-order valence-corrected chi connectivity index (χ1v) is 17.6. The van der Waals surface area contributed by atoms with E-state index in [1.807, 2.05) is 6.08 Å². The van der Waals surface area contributed by atoms with E-state index in [9.17, 15) is 9.59 Å². The molecule has 0 aliphatic heterocycles. The van der Waals surface area contributed by atoms with Crippen molar-refractivity contribution in [3.8, 4) is 0 Å². The van der Waals surface area contributed by atoms with Gasteiger partial charge in [-0.2, -0.15) is 0 Å². The summed E-state index contributed by atoms with van der Waals surface area (Å²) in [5, 5.41) is 8.94. The number of carboxylic acid groups (broad SMARTS) is 1. The molecule has 0 unspecified atom stereocenters. The fraction of sp³-hybridized carbons (Fsp3) is 0.182. The Bertz CT molecular complexity index is 1030. The topological polar surface area (TPSA) is 64.2 Å². The standard InChI is InChI=1S/C20H17N2O3.2CH3.Sn.H/c23-19(24)18-8-6-17(7-9-18)11-13-22-15-14-21(20(22)25)12-10-16-4-2-1-3-5-16;;;;/h2-10,12,14-15H,11,13H2,(H,23,24);2*1H3;;. The predicted octanol–water partition coefficient (Wildman–Crippen LogP) is 2.91. The van der Waals surface area contributed by atoms with Crippen molar-refractivity contribution in [3.63, 3.8) is 0 Å². The molecule has 0 spiro atoms. The molecular formula is C22H24N2O3Sn. The molecule has 0 fully saturated rings. The van der Waals surface area contributed by atoms with Crippen LogP contribution in [0.3, 0.4) is 0 Å². The Morgan fingerprint density at radius 1 is 1.04 bits per heavy atom. The number of aryl methyl sites for hydroxylation is 2. The normalized spacial score (nSPS) is 11.4. The maximum atomic E-state index is 12.5. The molecule has 3 rings (SSSR count). The van der Waals surface area contributed by atoms with Crippen molar-refractivity contribution >= 4 is 41.6 Å². The summed E-state index contributed by atoms with van der Waals surface area (Å²) in [6.07, 6.45) is 7.92. The Hall–Kier alpha value is -2.54. The van der Waals surface area contributed by atoms with Crippen molar-refractivity contribution in [1.29, 1.82) is 0 Å². The molecular weight excluding hydrogens is 459 g/mol. The summed E-state index contributed by atoms with van der Waals surface area (Å²) in [5.41, 5.74) is 2.25. The average molecular weight is 483 g/mol. The second-order valence-electron chi connectivity index (χ2n) is 7.07. The van der Waals surface area contributed by atoms with Gasteiger partial charge in [0, 0.05) is 0 Å². The maximum absolute atomic E-state index is 12.5. The number of aromatic carboxylic acids is 1. The third-order valence-corrected chi connectivity index (χ3v) is 9.65. The molecule has 0 amide bonds. The van der Waals surface area contributed by atoms with Gasteiger partial charge in [0.2, 0.25) is 0 Å². The fourth-order valence-corrected chi connectivity index (χ4v) is 5.68. The number of carboxylic acids is 1. The van der Waals surface area contributed by atoms with Gasteiger partial charge in [0.1, 0.15) is 0 Å². The number of benzene rings is 2. The summed E-state index contributed by atoms with van der Waals surface area (Å²) >= 11 is -1.44. The predicted molar refractivity (Wildman–Crippen MR) is 116 cm³/mol. The Labute approximate surface area is 171 Å². The number of rotatable bonds is 7. The third-order valence-electron chi connectivity index (χ3n) is 4.75. The summed E-state index contributed by atoms with van der Waals surface area (Å²) in [7, 11) is 0. The molecule has 1 aromatic heterocycles. The van der Waals surface area contributed by atoms with Crippen LogP contribution in [0.5, 0.6) is 0 Å². The van der Waals surface area contributed by atoms with Crippen molar-refractivity contribution in [3.05, 3.63) is 88.1 Å². The monoisotopic (exact) mass is 484 g/mol. The van der Waals surface area contributed by atoms with E-state index >= 15 is 0 Å². The molecule has 0 saturated heterocycles. The van der Waals surface area contributed by atoms with Crippen molar-refractivity contribution < 1.29 is 9.90 Å². The molecule has 1 heterocycles. The Morgan fingerprint density at radius 2 is 1.71 bits per heavy atom. The second-order valence-corrected chi connectivity index (χ2v) is 15.6. The van der Waals surface area contributed by atoms with E-state index in [1.165, 1.54) is 3.58 Å². The minimum absolute atomic E-state index is 0.0894. The van der Waals surface area contributed by atoms with E-state index < -0.39 is 25.7 Å². The first-order valence-electron chi connectivity index (χ1n) is 9.31. The molecule has 0 bridgehead atoms. The quantitative estimate of drug-likeness (QED) is 0.526. The number of hydrogen-bond acceptors (Lipinski definition) is 2. The molecule has 1 N–H and O–H groups in total. The summed E-state index contributed by atoms with van der Waals surface area (Å²) < 4.78 is 4.73. The zero-order valence-electron chi connectivity index (χ0n) is 16.1. The van der Waals surface area contributed by atoms with Crippen molar-refractivity contribution in [2.75, 3.05) is 0 Å². The molecule has 28 heavy (non-hydrogen) atoms. The number of aromatic nitrogens is 2. The van der Waals surface area contributed by atoms with Gasteiger partial charge in [-0.3, -0.25) is 0 Å². The van der Waals surface area contributed by atoms with Crippen LogP contribution >= 0.6 is 0 Å². The van der Waals surface area contributed by atoms with Crippen LogP contribution in [0.25, 0.3) is 12.3 Å². The molecule has 0 aliphatic carbocycles. The zero-order chi connectivity index (χ0) is 20.1. The first kappa shape index (κ1) is 20.2. The van der Waals surface area contributed by atoms with E-state index in [2.05, 4.69) is 34.1 Å². The van der Waals surface area contributed by atoms with Gasteiger partial charge in [-0.25, -0.2) is 4.79 Å². The SMILES string of the molecule is [CH3][SnH]([CH3])[c]1ccc(C=Cn2ccn(CCc3ccc(C(=O)O)cc3)c2=O)cc1. The number of imidazole rings is 1. The minimum atomic E-state index is -1.44. The van der Waals surface area contributed by atoms with Gasteiger partial charge in [0.15, 0.2) is 0 Å². The molecule has 0 radical (unpaired) electrons. The molecule has 0 atom stereocenters. The van der Waals surface area contributed by atoms with Gasteiger partial charge in [0.25, 0.3) is 0 Å². The van der Waals surface area contributed by atoms with Gasteiger partial charge in [-0.1, -0.05) is 12.1 Å². The first-order chi connectivity index (χ1) is 13.4. The van der Waals surface area contributed by atoms with Crippen LogP contribution < -0.4 is 9.27 Å². The van der Waals surface area contributed by atoms with Gasteiger partial charge in [-0.05, 0) is 12.1 Å². The number of hydrogen-bond donors (Lipinski definition) is 1. The van der Waals surface area contributed by atoms with E-state index in [1.54, 1.807) is 52.0 Å². The van der Waals surface area contributed by atoms with Crippen LogP contribution in [-0.2, 0) is 13.0 Å². The Morgan fingerprint density at radius 3 is 2.32 bits per heavy atom. The van der Waals surface area contributed by atoms with Crippen molar-refractivity contribution in [1.82, 2.24) is 9.13 Å². The van der Waals surface area contributed by atoms with E-state index in [0.717, 1.165) is 11.1 Å². The summed E-state index contributed by atoms with van der Waals surface area (Å²) in [5.74, 6) is -0.936. The summed E-state index contributed by atoms with van der Waals surface area (Å²) in [4.78, 5) is 28.1. The van der Waals surface area contributed by atoms with E-state index in [4.69, 9.17) is 5.11 Å². The van der Waals surface area contributed by atoms with Gasteiger partial charge >= 0.3 is 132 Å². The summed E-state index contributed by atoms with van der Waals surface area (Å²) in [6, 6.07) is 15.4. The van der Waals surface area contributed by atoms with Gasteiger partial charge in [-0.15, -0.1) is 0 Å². The molecule has 2 aromatic carbocycles. The molecule has 0 aliphatic rings. The van der Waals surface area contributed by atoms with Crippen LogP contribution in [0.15, 0.2) is 65.7 Å². The molecule has 3 aromatic rings. The van der Waals surface area contributed by atoms with Gasteiger partial charge in [0.05, 0.1) is 5.56 Å². The van der Waals surface area contributed by atoms with Crippen molar-refractivity contribution in [2.45, 2.75) is 22.8 Å². The van der Waals surface area contributed by atoms with E-state index in [0.29, 0.717) is 13.0 Å². The summed E-state index contributed by atoms with van der Waals surface area (Å²) in [6.45, 7) is 0.544. The Balaban J connectivity index is 1.64. The van der Waals surface area contributed by atoms with Crippen LogP contribution in [0.2, 0.25) is 9.88 Å².